The van der Waals surface area contributed by atoms with Gasteiger partial charge in [-0.15, -0.1) is 23.8 Å². The van der Waals surface area contributed by atoms with Crippen LogP contribution in [0.5, 0.6) is 0 Å². The Kier molecular flexibility index (Phi) is 6.88. The molecule has 0 fully saturated rings. The van der Waals surface area contributed by atoms with E-state index in [2.05, 4.69) is 17.1 Å². The van der Waals surface area contributed by atoms with E-state index >= 15 is 0 Å². The van der Waals surface area contributed by atoms with Gasteiger partial charge in [0, 0.05) is 11.9 Å². The molecular formula is C18H11N2Ni. The Bertz CT molecular complexity index is 624. The zero-order valence-electron chi connectivity index (χ0n) is 11.1. The molecule has 0 aliphatic rings. The summed E-state index contributed by atoms with van der Waals surface area (Å²) in [5, 5.41) is 6.25. The van der Waals surface area contributed by atoms with E-state index in [1.165, 1.54) is 0 Å². The smallest absolute Gasteiger partial charge is 0.512 e. The van der Waals surface area contributed by atoms with Crippen molar-refractivity contribution in [1.29, 1.82) is 5.26 Å². The van der Waals surface area contributed by atoms with Crippen molar-refractivity contribution >= 4 is 0 Å². The van der Waals surface area contributed by atoms with Crippen LogP contribution in [0, 0.1) is 24.0 Å². The van der Waals surface area contributed by atoms with E-state index in [0.29, 0.717) is 0 Å². The van der Waals surface area contributed by atoms with Gasteiger partial charge in [-0.25, -0.2) is 5.56 Å². The minimum Gasteiger partial charge on any atom is -0.512 e. The molecule has 1 aromatic heterocycles. The second-order valence-corrected chi connectivity index (χ2v) is 3.97. The van der Waals surface area contributed by atoms with E-state index in [4.69, 9.17) is 11.8 Å². The molecule has 0 unspecified atom stereocenters. The minimum absolute atomic E-state index is 0. The molecule has 0 bridgehead atoms. The number of rotatable bonds is 2. The molecule has 103 valence electrons. The van der Waals surface area contributed by atoms with Gasteiger partial charge < -0.3 is 11.8 Å². The predicted octanol–water partition coefficient (Wildman–Crippen LogP) is 4.11. The van der Waals surface area contributed by atoms with Crippen LogP contribution in [0.3, 0.4) is 0 Å². The third kappa shape index (κ3) is 4.28. The molecular weight excluding hydrogens is 303 g/mol. The van der Waals surface area contributed by atoms with Crippen molar-refractivity contribution < 1.29 is 16.5 Å². The normalized spacial score (nSPS) is 8.86. The van der Waals surface area contributed by atoms with Gasteiger partial charge in [-0.1, -0.05) is 12.1 Å². The van der Waals surface area contributed by atoms with Crippen molar-refractivity contribution in [2.75, 3.05) is 0 Å². The van der Waals surface area contributed by atoms with Gasteiger partial charge in [-0.3, -0.25) is 4.98 Å². The average Bonchev–Trinajstić information content (AvgIpc) is 2.58. The van der Waals surface area contributed by atoms with Crippen molar-refractivity contribution in [2.45, 2.75) is 0 Å². The van der Waals surface area contributed by atoms with Crippen LogP contribution in [-0.2, 0) is 16.5 Å². The van der Waals surface area contributed by atoms with Gasteiger partial charge >= 0.3 is 16.5 Å². The molecule has 1 heterocycles. The van der Waals surface area contributed by atoms with Crippen LogP contribution in [0.25, 0.3) is 22.4 Å². The SMILES string of the molecule is [C-]#N.[Ni+3].[c-]1ccccc1-c1[c-]c(-c2ccccn2)ccc1. The Labute approximate surface area is 135 Å². The van der Waals surface area contributed by atoms with Crippen LogP contribution in [0.15, 0.2) is 66.9 Å². The van der Waals surface area contributed by atoms with Crippen molar-refractivity contribution in [3.63, 3.8) is 0 Å². The second kappa shape index (κ2) is 8.69. The van der Waals surface area contributed by atoms with Crippen LogP contribution in [0.1, 0.15) is 0 Å². The molecule has 21 heavy (non-hydrogen) atoms. The molecule has 2 nitrogen and oxygen atoms in total. The maximum atomic E-state index is 6.25. The van der Waals surface area contributed by atoms with Crippen molar-refractivity contribution in [3.05, 3.63) is 85.6 Å². The predicted molar refractivity (Wildman–Crippen MR) is 77.7 cm³/mol. The van der Waals surface area contributed by atoms with Crippen LogP contribution in [-0.4, -0.2) is 4.98 Å². The first-order valence-corrected chi connectivity index (χ1v) is 6.07. The van der Waals surface area contributed by atoms with Gasteiger partial charge in [0.05, 0.1) is 0 Å². The third-order valence-electron chi connectivity index (χ3n) is 2.74. The van der Waals surface area contributed by atoms with Gasteiger partial charge in [0.15, 0.2) is 0 Å². The third-order valence-corrected chi connectivity index (χ3v) is 2.74. The Hall–Kier alpha value is -2.43. The molecule has 0 atom stereocenters. The quantitative estimate of drug-likeness (QED) is 0.527. The molecule has 1 radical (unpaired) electrons. The van der Waals surface area contributed by atoms with Crippen LogP contribution in [0.2, 0.25) is 0 Å². The first-order valence-electron chi connectivity index (χ1n) is 6.07. The first-order chi connectivity index (χ1) is 9.93. The molecule has 2 aromatic carbocycles. The van der Waals surface area contributed by atoms with E-state index in [1.807, 2.05) is 60.7 Å². The monoisotopic (exact) mass is 313 g/mol. The zero-order chi connectivity index (χ0) is 14.2. The zero-order valence-corrected chi connectivity index (χ0v) is 12.0. The number of hydrogen-bond donors (Lipinski definition) is 0. The molecule has 0 aliphatic carbocycles. The standard InChI is InChI=1S/C17H11N.CN.Ni/c1-2-7-14(8-3-1)15-9-6-10-16(13-15)17-11-4-5-12-18-17;1-2;/h1-7,9-12H;;/q-2;-1;+3. The Morgan fingerprint density at radius 3 is 2.19 bits per heavy atom. The topological polar surface area (TPSA) is 36.7 Å². The van der Waals surface area contributed by atoms with E-state index in [1.54, 1.807) is 6.20 Å². The Balaban J connectivity index is 0.000000706. The molecule has 0 spiro atoms. The van der Waals surface area contributed by atoms with E-state index < -0.39 is 0 Å². The summed E-state index contributed by atoms with van der Waals surface area (Å²) in [5.41, 5.74) is 4.04. The Morgan fingerprint density at radius 2 is 1.52 bits per heavy atom. The van der Waals surface area contributed by atoms with E-state index in [9.17, 15) is 0 Å². The van der Waals surface area contributed by atoms with Crippen LogP contribution in [0.4, 0.5) is 0 Å². The van der Waals surface area contributed by atoms with Crippen molar-refractivity contribution in [1.82, 2.24) is 4.98 Å². The second-order valence-electron chi connectivity index (χ2n) is 3.97. The van der Waals surface area contributed by atoms with E-state index in [-0.39, 0.29) is 16.5 Å². The van der Waals surface area contributed by atoms with Gasteiger partial charge in [0.25, 0.3) is 0 Å². The number of pyridine rings is 1. The fourth-order valence-corrected chi connectivity index (χ4v) is 1.86. The summed E-state index contributed by atoms with van der Waals surface area (Å²) in [6, 6.07) is 26.5. The molecule has 3 heteroatoms. The van der Waals surface area contributed by atoms with Gasteiger partial charge in [-0.05, 0) is 6.07 Å². The number of benzene rings is 2. The van der Waals surface area contributed by atoms with Crippen molar-refractivity contribution in [2.24, 2.45) is 0 Å². The molecule has 0 saturated carbocycles. The summed E-state index contributed by atoms with van der Waals surface area (Å²) in [4.78, 5) is 4.34. The molecule has 0 aliphatic heterocycles. The molecule has 0 amide bonds. The molecule has 3 aromatic rings. The molecule has 0 N–H and O–H groups in total. The van der Waals surface area contributed by atoms with Gasteiger partial charge in [0.2, 0.25) is 0 Å². The van der Waals surface area contributed by atoms with Gasteiger partial charge in [-0.2, -0.15) is 42.0 Å². The van der Waals surface area contributed by atoms with Crippen molar-refractivity contribution in [3.8, 4) is 22.4 Å². The minimum atomic E-state index is 0. The summed E-state index contributed by atoms with van der Waals surface area (Å²) in [5.74, 6) is 0. The fraction of sp³-hybridized carbons (Fsp3) is 0. The summed E-state index contributed by atoms with van der Waals surface area (Å²) in [7, 11) is 0. The summed E-state index contributed by atoms with van der Waals surface area (Å²) in [6.45, 7) is 4.75. The average molecular weight is 314 g/mol. The van der Waals surface area contributed by atoms with Gasteiger partial charge in [0.1, 0.15) is 0 Å². The maximum Gasteiger partial charge on any atom is 3.00 e. The molecule has 3 rings (SSSR count). The molecule has 0 saturated heterocycles. The Morgan fingerprint density at radius 1 is 0.810 bits per heavy atom. The maximum absolute atomic E-state index is 6.25. The number of nitrogens with zero attached hydrogens (tertiary/aromatic N) is 2. The first kappa shape index (κ1) is 16.6. The van der Waals surface area contributed by atoms with Crippen LogP contribution >= 0.6 is 0 Å². The largest absolute Gasteiger partial charge is 3.00 e. The summed E-state index contributed by atoms with van der Waals surface area (Å²) < 4.78 is 0. The fourth-order valence-electron chi connectivity index (χ4n) is 1.86. The summed E-state index contributed by atoms with van der Waals surface area (Å²) in [6.07, 6.45) is 1.80. The number of hydrogen-bond acceptors (Lipinski definition) is 2. The summed E-state index contributed by atoms with van der Waals surface area (Å²) >= 11 is 0. The number of aromatic nitrogens is 1. The van der Waals surface area contributed by atoms with E-state index in [0.717, 1.165) is 22.4 Å². The van der Waals surface area contributed by atoms with Crippen LogP contribution < -0.4 is 0 Å².